The molecule has 26 heavy (non-hydrogen) atoms. The van der Waals surface area contributed by atoms with Crippen molar-refractivity contribution in [2.24, 2.45) is 0 Å². The van der Waals surface area contributed by atoms with Gasteiger partial charge < -0.3 is 5.32 Å². The molecule has 3 rings (SSSR count). The van der Waals surface area contributed by atoms with Crippen LogP contribution in [0.5, 0.6) is 0 Å². The van der Waals surface area contributed by atoms with Crippen molar-refractivity contribution in [2.75, 3.05) is 0 Å². The van der Waals surface area contributed by atoms with Gasteiger partial charge >= 0.3 is 0 Å². The van der Waals surface area contributed by atoms with Crippen LogP contribution in [0.25, 0.3) is 0 Å². The van der Waals surface area contributed by atoms with Gasteiger partial charge in [-0.2, -0.15) is 0 Å². The topological polar surface area (TPSA) is 59.1 Å². The minimum atomic E-state index is -0.177. The lowest BCUT2D eigenvalue weighted by atomic mass is 10.1. The molecule has 1 amide bonds. The van der Waals surface area contributed by atoms with Crippen LogP contribution in [-0.2, 0) is 13.0 Å². The number of pyridine rings is 1. The Morgan fingerprint density at radius 2 is 1.65 bits per heavy atom. The Bertz CT molecular complexity index is 920. The minimum Gasteiger partial charge on any atom is -0.348 e. The van der Waals surface area contributed by atoms with Crippen LogP contribution in [0.2, 0.25) is 0 Å². The predicted octanol–water partition coefficient (Wildman–Crippen LogP) is 3.75. The summed E-state index contributed by atoms with van der Waals surface area (Å²) in [6.45, 7) is 2.48. The van der Waals surface area contributed by atoms with Gasteiger partial charge in [0.05, 0.1) is 6.42 Å². The molecule has 1 N–H and O–H groups in total. The molecule has 0 radical (unpaired) electrons. The van der Waals surface area contributed by atoms with E-state index in [4.69, 9.17) is 0 Å². The van der Waals surface area contributed by atoms with Crippen LogP contribution >= 0.6 is 0 Å². The zero-order valence-electron chi connectivity index (χ0n) is 14.6. The number of Topliss-reactive ketones (excluding diaryl/α,β-unsaturated/α-hetero) is 1. The maximum absolute atomic E-state index is 12.4. The number of hydrogen-bond acceptors (Lipinski definition) is 3. The molecular weight excluding hydrogens is 324 g/mol. The second-order valence-corrected chi connectivity index (χ2v) is 6.11. The number of hydrogen-bond donors (Lipinski definition) is 1. The van der Waals surface area contributed by atoms with Crippen LogP contribution in [0.3, 0.4) is 0 Å². The summed E-state index contributed by atoms with van der Waals surface area (Å²) >= 11 is 0. The van der Waals surface area contributed by atoms with E-state index in [0.29, 0.717) is 23.4 Å². The monoisotopic (exact) mass is 344 g/mol. The van der Waals surface area contributed by atoms with Gasteiger partial charge in [-0.05, 0) is 30.2 Å². The third-order valence-corrected chi connectivity index (χ3v) is 4.22. The van der Waals surface area contributed by atoms with E-state index in [1.54, 1.807) is 30.5 Å². The molecule has 0 saturated heterocycles. The summed E-state index contributed by atoms with van der Waals surface area (Å²) < 4.78 is 0. The Balaban J connectivity index is 1.66. The average molecular weight is 344 g/mol. The van der Waals surface area contributed by atoms with Crippen LogP contribution in [-0.4, -0.2) is 16.7 Å². The third-order valence-electron chi connectivity index (χ3n) is 4.22. The lowest BCUT2D eigenvalue weighted by Crippen LogP contribution is -2.23. The molecule has 2 aromatic carbocycles. The fraction of sp³-hybridized carbons (Fsp3) is 0.136. The lowest BCUT2D eigenvalue weighted by molar-refractivity contribution is 0.0947. The van der Waals surface area contributed by atoms with Gasteiger partial charge in [0.25, 0.3) is 5.91 Å². The van der Waals surface area contributed by atoms with Gasteiger partial charge in [-0.1, -0.05) is 54.6 Å². The van der Waals surface area contributed by atoms with E-state index in [2.05, 4.69) is 10.3 Å². The highest BCUT2D eigenvalue weighted by Gasteiger charge is 2.11. The molecule has 0 unspecified atom stereocenters. The number of carbonyl (C=O) groups is 2. The highest BCUT2D eigenvalue weighted by molar-refractivity contribution is 5.98. The van der Waals surface area contributed by atoms with Crippen LogP contribution in [0.15, 0.2) is 72.9 Å². The molecule has 0 atom stereocenters. The molecule has 130 valence electrons. The molecule has 0 aliphatic heterocycles. The minimum absolute atomic E-state index is 0.0180. The summed E-state index contributed by atoms with van der Waals surface area (Å²) in [5.41, 5.74) is 3.95. The van der Waals surface area contributed by atoms with Gasteiger partial charge in [-0.3, -0.25) is 14.6 Å². The van der Waals surface area contributed by atoms with Crippen LogP contribution in [0, 0.1) is 6.92 Å². The number of aryl methyl sites for hydroxylation is 1. The molecule has 4 heteroatoms. The van der Waals surface area contributed by atoms with Gasteiger partial charge in [0, 0.05) is 29.6 Å². The molecule has 0 fully saturated rings. The second-order valence-electron chi connectivity index (χ2n) is 6.11. The maximum Gasteiger partial charge on any atom is 0.251 e. The SMILES string of the molecule is Cc1ccccc1CNC(=O)c1ccnc(CC(=O)c2ccccc2)c1. The number of nitrogens with one attached hydrogen (secondary N) is 1. The Morgan fingerprint density at radius 3 is 2.42 bits per heavy atom. The Kier molecular flexibility index (Phi) is 5.54. The largest absolute Gasteiger partial charge is 0.348 e. The molecule has 0 bridgehead atoms. The number of carbonyl (C=O) groups excluding carboxylic acids is 2. The molecule has 1 heterocycles. The van der Waals surface area contributed by atoms with E-state index in [9.17, 15) is 9.59 Å². The van der Waals surface area contributed by atoms with E-state index in [0.717, 1.165) is 11.1 Å². The summed E-state index contributed by atoms with van der Waals surface area (Å²) in [5.74, 6) is -0.195. The number of amides is 1. The molecule has 3 aromatic rings. The van der Waals surface area contributed by atoms with Crippen molar-refractivity contribution in [1.29, 1.82) is 0 Å². The van der Waals surface area contributed by atoms with Crippen molar-refractivity contribution in [3.8, 4) is 0 Å². The molecule has 1 aromatic heterocycles. The van der Waals surface area contributed by atoms with Crippen LogP contribution < -0.4 is 5.32 Å². The van der Waals surface area contributed by atoms with Crippen LogP contribution in [0.1, 0.15) is 37.5 Å². The van der Waals surface area contributed by atoms with Gasteiger partial charge in [-0.25, -0.2) is 0 Å². The molecule has 0 saturated carbocycles. The van der Waals surface area contributed by atoms with Gasteiger partial charge in [-0.15, -0.1) is 0 Å². The van der Waals surface area contributed by atoms with Crippen molar-refractivity contribution >= 4 is 11.7 Å². The molecule has 0 aliphatic carbocycles. The Labute approximate surface area is 152 Å². The first-order valence-corrected chi connectivity index (χ1v) is 8.49. The number of rotatable bonds is 6. The van der Waals surface area contributed by atoms with E-state index < -0.39 is 0 Å². The van der Waals surface area contributed by atoms with Gasteiger partial charge in [0.2, 0.25) is 0 Å². The summed E-state index contributed by atoms with van der Waals surface area (Å²) in [6, 6.07) is 20.3. The quantitative estimate of drug-likeness (QED) is 0.693. The zero-order valence-corrected chi connectivity index (χ0v) is 14.6. The van der Waals surface area contributed by atoms with E-state index in [1.807, 2.05) is 49.4 Å². The first kappa shape index (κ1) is 17.5. The fourth-order valence-corrected chi connectivity index (χ4v) is 2.69. The molecule has 0 spiro atoms. The molecule has 0 aliphatic rings. The van der Waals surface area contributed by atoms with Crippen molar-refractivity contribution < 1.29 is 9.59 Å². The zero-order chi connectivity index (χ0) is 18.4. The standard InChI is InChI=1S/C22H20N2O2/c1-16-7-5-6-10-19(16)15-24-22(26)18-11-12-23-20(13-18)14-21(25)17-8-3-2-4-9-17/h2-13H,14-15H2,1H3,(H,24,26). The number of nitrogens with zero attached hydrogens (tertiary/aromatic N) is 1. The van der Waals surface area contributed by atoms with Crippen molar-refractivity contribution in [3.05, 3.63) is 101 Å². The molecule has 4 nitrogen and oxygen atoms in total. The lowest BCUT2D eigenvalue weighted by Gasteiger charge is -2.08. The Hall–Kier alpha value is -3.27. The smallest absolute Gasteiger partial charge is 0.251 e. The molecular formula is C22H20N2O2. The van der Waals surface area contributed by atoms with Gasteiger partial charge in [0.15, 0.2) is 5.78 Å². The van der Waals surface area contributed by atoms with Crippen molar-refractivity contribution in [3.63, 3.8) is 0 Å². The number of benzene rings is 2. The first-order chi connectivity index (χ1) is 12.6. The highest BCUT2D eigenvalue weighted by Crippen LogP contribution is 2.10. The summed E-state index contributed by atoms with van der Waals surface area (Å²) in [7, 11) is 0. The predicted molar refractivity (Wildman–Crippen MR) is 101 cm³/mol. The average Bonchev–Trinajstić information content (AvgIpc) is 2.68. The first-order valence-electron chi connectivity index (χ1n) is 8.49. The summed E-state index contributed by atoms with van der Waals surface area (Å²) in [6.07, 6.45) is 1.74. The highest BCUT2D eigenvalue weighted by atomic mass is 16.1. The van der Waals surface area contributed by atoms with E-state index in [1.165, 1.54) is 0 Å². The summed E-state index contributed by atoms with van der Waals surface area (Å²) in [5, 5.41) is 2.92. The fourth-order valence-electron chi connectivity index (χ4n) is 2.69. The Morgan fingerprint density at radius 1 is 0.923 bits per heavy atom. The van der Waals surface area contributed by atoms with Crippen LogP contribution in [0.4, 0.5) is 0 Å². The van der Waals surface area contributed by atoms with Gasteiger partial charge in [0.1, 0.15) is 0 Å². The van der Waals surface area contributed by atoms with Crippen molar-refractivity contribution in [1.82, 2.24) is 10.3 Å². The normalized spacial score (nSPS) is 10.3. The third kappa shape index (κ3) is 4.42. The second kappa shape index (κ2) is 8.21. The van der Waals surface area contributed by atoms with Crippen molar-refractivity contribution in [2.45, 2.75) is 19.9 Å². The maximum atomic E-state index is 12.4. The summed E-state index contributed by atoms with van der Waals surface area (Å²) in [4.78, 5) is 28.9. The van der Waals surface area contributed by atoms with E-state index in [-0.39, 0.29) is 18.1 Å². The number of ketones is 1. The van der Waals surface area contributed by atoms with E-state index >= 15 is 0 Å². The number of aromatic nitrogens is 1.